The first-order valence-electron chi connectivity index (χ1n) is 6.03. The molecule has 1 saturated carbocycles. The number of aromatic carboxylic acids is 1. The summed E-state index contributed by atoms with van der Waals surface area (Å²) in [4.78, 5) is 15.3. The van der Waals surface area contributed by atoms with Crippen LogP contribution in [0.15, 0.2) is 6.20 Å². The molecular weight excluding hydrogens is 218 g/mol. The van der Waals surface area contributed by atoms with Crippen molar-refractivity contribution in [3.8, 4) is 5.75 Å². The summed E-state index contributed by atoms with van der Waals surface area (Å²) in [6.45, 7) is 1.62. The van der Waals surface area contributed by atoms with E-state index in [1.165, 1.54) is 6.42 Å². The summed E-state index contributed by atoms with van der Waals surface area (Å²) >= 11 is 0. The van der Waals surface area contributed by atoms with Crippen LogP contribution in [0.2, 0.25) is 0 Å². The minimum absolute atomic E-state index is 0.0457. The first-order chi connectivity index (χ1) is 8.11. The van der Waals surface area contributed by atoms with Crippen LogP contribution < -0.4 is 0 Å². The Balaban J connectivity index is 2.45. The second-order valence-electron chi connectivity index (χ2n) is 4.66. The summed E-state index contributed by atoms with van der Waals surface area (Å²) in [6.07, 6.45) is 7.06. The van der Waals surface area contributed by atoms with Crippen LogP contribution in [0, 0.1) is 6.92 Å². The van der Waals surface area contributed by atoms with Crippen molar-refractivity contribution in [1.82, 2.24) is 4.98 Å². The standard InChI is InChI=1S/C13H17NO3/c1-8-12(15)11(13(16)17)10(7-14-8)9-5-3-2-4-6-9/h7,9,15H,2-6H2,1H3,(H,16,17). The topological polar surface area (TPSA) is 70.4 Å². The average Bonchev–Trinajstić information content (AvgIpc) is 2.33. The molecular formula is C13H17NO3. The van der Waals surface area contributed by atoms with Gasteiger partial charge in [-0.3, -0.25) is 4.98 Å². The highest BCUT2D eigenvalue weighted by atomic mass is 16.4. The molecule has 0 spiro atoms. The van der Waals surface area contributed by atoms with Crippen molar-refractivity contribution in [1.29, 1.82) is 0 Å². The van der Waals surface area contributed by atoms with Crippen molar-refractivity contribution < 1.29 is 15.0 Å². The Morgan fingerprint density at radius 1 is 1.35 bits per heavy atom. The van der Waals surface area contributed by atoms with Crippen molar-refractivity contribution in [3.63, 3.8) is 0 Å². The maximum absolute atomic E-state index is 11.2. The fourth-order valence-corrected chi connectivity index (χ4v) is 2.56. The summed E-state index contributed by atoms with van der Waals surface area (Å²) in [6, 6.07) is 0. The maximum Gasteiger partial charge on any atom is 0.339 e. The van der Waals surface area contributed by atoms with E-state index in [1.54, 1.807) is 13.1 Å². The predicted molar refractivity (Wildman–Crippen MR) is 63.4 cm³/mol. The molecule has 1 fully saturated rings. The SMILES string of the molecule is Cc1ncc(C2CCCCC2)c(C(=O)O)c1O. The summed E-state index contributed by atoms with van der Waals surface area (Å²) in [5.41, 5.74) is 1.12. The summed E-state index contributed by atoms with van der Waals surface area (Å²) < 4.78 is 0. The molecule has 4 nitrogen and oxygen atoms in total. The van der Waals surface area contributed by atoms with E-state index < -0.39 is 5.97 Å². The van der Waals surface area contributed by atoms with Gasteiger partial charge in [-0.15, -0.1) is 0 Å². The molecule has 0 aromatic carbocycles. The molecule has 1 aliphatic carbocycles. The number of aromatic nitrogens is 1. The Labute approximate surface area is 100 Å². The molecule has 0 saturated heterocycles. The lowest BCUT2D eigenvalue weighted by Crippen LogP contribution is -2.12. The van der Waals surface area contributed by atoms with Crippen molar-refractivity contribution in [2.45, 2.75) is 44.9 Å². The van der Waals surface area contributed by atoms with Gasteiger partial charge in [0.2, 0.25) is 0 Å². The molecule has 0 radical (unpaired) electrons. The first kappa shape index (κ1) is 11.9. The van der Waals surface area contributed by atoms with Crippen molar-refractivity contribution >= 4 is 5.97 Å². The van der Waals surface area contributed by atoms with E-state index in [2.05, 4.69) is 4.98 Å². The van der Waals surface area contributed by atoms with Crippen LogP contribution in [-0.4, -0.2) is 21.2 Å². The highest BCUT2D eigenvalue weighted by molar-refractivity contribution is 5.93. The fraction of sp³-hybridized carbons (Fsp3) is 0.538. The van der Waals surface area contributed by atoms with Gasteiger partial charge in [0, 0.05) is 6.20 Å². The van der Waals surface area contributed by atoms with Gasteiger partial charge in [0.15, 0.2) is 5.75 Å². The number of hydrogen-bond donors (Lipinski definition) is 2. The summed E-state index contributed by atoms with van der Waals surface area (Å²) in [7, 11) is 0. The third-order valence-electron chi connectivity index (χ3n) is 3.52. The molecule has 2 rings (SSSR count). The van der Waals surface area contributed by atoms with Gasteiger partial charge >= 0.3 is 5.97 Å². The van der Waals surface area contributed by atoms with Crippen LogP contribution >= 0.6 is 0 Å². The van der Waals surface area contributed by atoms with Gasteiger partial charge in [-0.05, 0) is 31.2 Å². The third-order valence-corrected chi connectivity index (χ3v) is 3.52. The molecule has 0 amide bonds. The van der Waals surface area contributed by atoms with Gasteiger partial charge in [0.25, 0.3) is 0 Å². The third kappa shape index (κ3) is 2.25. The largest absolute Gasteiger partial charge is 0.505 e. The van der Waals surface area contributed by atoms with Crippen molar-refractivity contribution in [2.75, 3.05) is 0 Å². The van der Waals surface area contributed by atoms with E-state index in [-0.39, 0.29) is 17.2 Å². The lowest BCUT2D eigenvalue weighted by molar-refractivity contribution is 0.0691. The van der Waals surface area contributed by atoms with E-state index >= 15 is 0 Å². The highest BCUT2D eigenvalue weighted by Gasteiger charge is 2.25. The number of hydrogen-bond acceptors (Lipinski definition) is 3. The molecule has 0 aliphatic heterocycles. The molecule has 0 atom stereocenters. The number of nitrogens with zero attached hydrogens (tertiary/aromatic N) is 1. The van der Waals surface area contributed by atoms with Crippen molar-refractivity contribution in [3.05, 3.63) is 23.0 Å². The zero-order valence-corrected chi connectivity index (χ0v) is 9.94. The molecule has 1 heterocycles. The van der Waals surface area contributed by atoms with E-state index in [4.69, 9.17) is 0 Å². The number of pyridine rings is 1. The number of rotatable bonds is 2. The molecule has 17 heavy (non-hydrogen) atoms. The van der Waals surface area contributed by atoms with Crippen LogP contribution in [0.5, 0.6) is 5.75 Å². The van der Waals surface area contributed by atoms with Gasteiger partial charge in [-0.25, -0.2) is 4.79 Å². The summed E-state index contributed by atoms with van der Waals surface area (Å²) in [5, 5.41) is 19.0. The van der Waals surface area contributed by atoms with Gasteiger partial charge in [-0.1, -0.05) is 19.3 Å². The molecule has 1 aromatic rings. The van der Waals surface area contributed by atoms with Crippen molar-refractivity contribution in [2.24, 2.45) is 0 Å². The zero-order chi connectivity index (χ0) is 12.4. The normalized spacial score (nSPS) is 17.0. The predicted octanol–water partition coefficient (Wildman–Crippen LogP) is 2.84. The number of carboxylic acid groups (broad SMARTS) is 1. The van der Waals surface area contributed by atoms with Crippen LogP contribution in [0.1, 0.15) is 59.6 Å². The van der Waals surface area contributed by atoms with Crippen LogP contribution in [-0.2, 0) is 0 Å². The van der Waals surface area contributed by atoms with E-state index in [0.29, 0.717) is 11.3 Å². The Morgan fingerprint density at radius 2 is 2.00 bits per heavy atom. The maximum atomic E-state index is 11.2. The molecule has 0 unspecified atom stereocenters. The summed E-state index contributed by atoms with van der Waals surface area (Å²) in [5.74, 6) is -1.01. The number of carboxylic acids is 1. The monoisotopic (exact) mass is 235 g/mol. The molecule has 92 valence electrons. The molecule has 0 bridgehead atoms. The quantitative estimate of drug-likeness (QED) is 0.826. The van der Waals surface area contributed by atoms with Gasteiger partial charge in [0.05, 0.1) is 5.69 Å². The fourth-order valence-electron chi connectivity index (χ4n) is 2.56. The molecule has 4 heteroatoms. The van der Waals surface area contributed by atoms with Gasteiger partial charge in [0.1, 0.15) is 5.56 Å². The lowest BCUT2D eigenvalue weighted by atomic mass is 9.82. The zero-order valence-electron chi connectivity index (χ0n) is 9.94. The lowest BCUT2D eigenvalue weighted by Gasteiger charge is -2.23. The van der Waals surface area contributed by atoms with E-state index in [9.17, 15) is 15.0 Å². The van der Waals surface area contributed by atoms with E-state index in [0.717, 1.165) is 25.7 Å². The number of aromatic hydroxyl groups is 1. The smallest absolute Gasteiger partial charge is 0.339 e. The number of aryl methyl sites for hydroxylation is 1. The highest BCUT2D eigenvalue weighted by Crippen LogP contribution is 2.37. The van der Waals surface area contributed by atoms with Crippen LogP contribution in [0.25, 0.3) is 0 Å². The first-order valence-corrected chi connectivity index (χ1v) is 6.03. The Hall–Kier alpha value is -1.58. The van der Waals surface area contributed by atoms with Crippen LogP contribution in [0.3, 0.4) is 0 Å². The molecule has 1 aliphatic rings. The Kier molecular flexibility index (Phi) is 3.31. The molecule has 1 aromatic heterocycles. The Bertz CT molecular complexity index is 437. The van der Waals surface area contributed by atoms with Gasteiger partial charge in [-0.2, -0.15) is 0 Å². The Morgan fingerprint density at radius 3 is 2.59 bits per heavy atom. The molecule has 2 N–H and O–H groups in total. The minimum Gasteiger partial charge on any atom is -0.505 e. The second kappa shape index (κ2) is 4.73. The van der Waals surface area contributed by atoms with Gasteiger partial charge < -0.3 is 10.2 Å². The van der Waals surface area contributed by atoms with Crippen LogP contribution in [0.4, 0.5) is 0 Å². The second-order valence-corrected chi connectivity index (χ2v) is 4.66. The number of carbonyl (C=O) groups is 1. The minimum atomic E-state index is -1.06. The average molecular weight is 235 g/mol. The van der Waals surface area contributed by atoms with E-state index in [1.807, 2.05) is 0 Å².